The van der Waals surface area contributed by atoms with E-state index in [1.807, 2.05) is 36.4 Å². The quantitative estimate of drug-likeness (QED) is 0.556. The van der Waals surface area contributed by atoms with Gasteiger partial charge in [0.2, 0.25) is 0 Å². The van der Waals surface area contributed by atoms with Gasteiger partial charge in [-0.05, 0) is 65.4 Å². The third kappa shape index (κ3) is 4.59. The van der Waals surface area contributed by atoms with Gasteiger partial charge in [0.15, 0.2) is 0 Å². The molecular formula is C27H27BrN2O2. The number of carbonyl (C=O) groups excluding carboxylic acids is 1. The molecule has 1 saturated carbocycles. The number of allylic oxidation sites excluding steroid dienone is 6. The zero-order chi connectivity index (χ0) is 23.5. The standard InChI is InChI=1S/C27H27BrN2O2/c1-6-9-18-10-7-12-19(13-8-11-18)23(31)30-24-26(2,3)25(27(24,4)5)32-21-15-14-20(17-29)22(28)16-21/h7-8,10-16,24-25H,1-5H3,(H,30,31). The molecule has 3 rings (SSSR count). The molecule has 1 aromatic carbocycles. The molecule has 1 N–H and O–H groups in total. The van der Waals surface area contributed by atoms with Gasteiger partial charge in [-0.15, -0.1) is 5.92 Å². The normalized spacial score (nSPS) is 22.5. The molecule has 164 valence electrons. The predicted octanol–water partition coefficient (Wildman–Crippen LogP) is 5.62. The fourth-order valence-corrected chi connectivity index (χ4v) is 5.26. The van der Waals surface area contributed by atoms with Crippen LogP contribution < -0.4 is 10.1 Å². The van der Waals surface area contributed by atoms with Crippen molar-refractivity contribution in [3.8, 4) is 23.7 Å². The Labute approximate surface area is 198 Å². The van der Waals surface area contributed by atoms with Gasteiger partial charge in [0, 0.05) is 32.5 Å². The third-order valence-electron chi connectivity index (χ3n) is 6.06. The summed E-state index contributed by atoms with van der Waals surface area (Å²) in [4.78, 5) is 13.0. The molecule has 1 amide bonds. The molecule has 0 spiro atoms. The summed E-state index contributed by atoms with van der Waals surface area (Å²) in [5, 5.41) is 12.4. The molecule has 0 unspecified atom stereocenters. The highest BCUT2D eigenvalue weighted by Gasteiger charge is 2.64. The first-order chi connectivity index (χ1) is 15.1. The lowest BCUT2D eigenvalue weighted by Gasteiger charge is -2.63. The zero-order valence-corrected chi connectivity index (χ0v) is 20.6. The monoisotopic (exact) mass is 490 g/mol. The Morgan fingerprint density at radius 3 is 2.44 bits per heavy atom. The minimum absolute atomic E-state index is 0.0740. The number of ether oxygens (including phenoxy) is 1. The van der Waals surface area contributed by atoms with Crippen molar-refractivity contribution in [3.05, 3.63) is 75.8 Å². The Kier molecular flexibility index (Phi) is 6.82. The Bertz CT molecular complexity index is 1130. The predicted molar refractivity (Wildman–Crippen MR) is 131 cm³/mol. The van der Waals surface area contributed by atoms with Gasteiger partial charge in [0.25, 0.3) is 5.91 Å². The molecule has 0 heterocycles. The SMILES string of the molecule is CC#CC1=CC=CC(C(=O)NC2C(C)(C)C(Oc3ccc(C#N)c(Br)c3)C2(C)C)=CC=C1. The van der Waals surface area contributed by atoms with E-state index < -0.39 is 0 Å². The molecule has 0 atom stereocenters. The maximum Gasteiger partial charge on any atom is 0.251 e. The fraction of sp³-hybridized carbons (Fsp3) is 0.333. The molecular weight excluding hydrogens is 464 g/mol. The van der Waals surface area contributed by atoms with Crippen LogP contribution in [0.25, 0.3) is 0 Å². The van der Waals surface area contributed by atoms with Gasteiger partial charge in [0.1, 0.15) is 17.9 Å². The van der Waals surface area contributed by atoms with E-state index in [1.165, 1.54) is 0 Å². The first-order valence-corrected chi connectivity index (χ1v) is 11.3. The first kappa shape index (κ1) is 23.6. The highest BCUT2D eigenvalue weighted by molar-refractivity contribution is 9.10. The van der Waals surface area contributed by atoms with Crippen molar-refractivity contribution >= 4 is 21.8 Å². The number of carbonyl (C=O) groups is 1. The Morgan fingerprint density at radius 1 is 1.12 bits per heavy atom. The molecule has 1 fully saturated rings. The van der Waals surface area contributed by atoms with E-state index in [9.17, 15) is 4.79 Å². The number of hydrogen-bond acceptors (Lipinski definition) is 3. The lowest BCUT2D eigenvalue weighted by Crippen LogP contribution is -2.74. The maximum absolute atomic E-state index is 13.0. The average molecular weight is 491 g/mol. The van der Waals surface area contributed by atoms with Gasteiger partial charge in [0.05, 0.1) is 5.56 Å². The van der Waals surface area contributed by atoms with Crippen LogP contribution >= 0.6 is 15.9 Å². The minimum atomic E-state index is -0.287. The van der Waals surface area contributed by atoms with E-state index in [0.29, 0.717) is 21.4 Å². The summed E-state index contributed by atoms with van der Waals surface area (Å²) < 4.78 is 7.04. The van der Waals surface area contributed by atoms with E-state index in [2.05, 4.69) is 66.9 Å². The second kappa shape index (κ2) is 9.23. The molecule has 0 aromatic heterocycles. The second-order valence-electron chi connectivity index (χ2n) is 9.14. The third-order valence-corrected chi connectivity index (χ3v) is 6.72. The van der Waals surface area contributed by atoms with Crippen LogP contribution in [0, 0.1) is 34.0 Å². The van der Waals surface area contributed by atoms with Crippen molar-refractivity contribution in [3.63, 3.8) is 0 Å². The van der Waals surface area contributed by atoms with Gasteiger partial charge in [-0.3, -0.25) is 4.79 Å². The van der Waals surface area contributed by atoms with Crippen molar-refractivity contribution < 1.29 is 9.53 Å². The molecule has 32 heavy (non-hydrogen) atoms. The van der Waals surface area contributed by atoms with Crippen LogP contribution in [-0.4, -0.2) is 18.1 Å². The summed E-state index contributed by atoms with van der Waals surface area (Å²) in [7, 11) is 0. The molecule has 5 heteroatoms. The Balaban J connectivity index is 1.73. The number of nitrogens with zero attached hydrogens (tertiary/aromatic N) is 1. The number of nitriles is 1. The number of nitrogens with one attached hydrogen (secondary N) is 1. The van der Waals surface area contributed by atoms with Crippen LogP contribution in [0.2, 0.25) is 0 Å². The van der Waals surface area contributed by atoms with Gasteiger partial charge in [-0.2, -0.15) is 5.26 Å². The largest absolute Gasteiger partial charge is 0.489 e. The van der Waals surface area contributed by atoms with Crippen LogP contribution in [0.4, 0.5) is 0 Å². The van der Waals surface area contributed by atoms with Gasteiger partial charge in [-0.1, -0.05) is 45.8 Å². The Hall–Kier alpha value is -3.02. The topological polar surface area (TPSA) is 62.1 Å². The van der Waals surface area contributed by atoms with Crippen molar-refractivity contribution in [2.24, 2.45) is 10.8 Å². The molecule has 0 bridgehead atoms. The summed E-state index contributed by atoms with van der Waals surface area (Å²) in [6, 6.07) is 7.43. The van der Waals surface area contributed by atoms with E-state index in [1.54, 1.807) is 25.1 Å². The number of benzene rings is 1. The molecule has 2 aliphatic rings. The summed E-state index contributed by atoms with van der Waals surface area (Å²) in [6.07, 6.45) is 11.0. The lowest BCUT2D eigenvalue weighted by atomic mass is 9.49. The van der Waals surface area contributed by atoms with Crippen LogP contribution in [0.5, 0.6) is 5.75 Å². The smallest absolute Gasteiger partial charge is 0.251 e. The molecule has 2 aliphatic carbocycles. The van der Waals surface area contributed by atoms with Crippen LogP contribution in [0.15, 0.2) is 70.3 Å². The number of hydrogen-bond donors (Lipinski definition) is 1. The van der Waals surface area contributed by atoms with E-state index in [-0.39, 0.29) is 28.9 Å². The van der Waals surface area contributed by atoms with E-state index in [0.717, 1.165) is 5.57 Å². The average Bonchev–Trinajstić information content (AvgIpc) is 2.71. The number of halogens is 1. The van der Waals surface area contributed by atoms with Crippen molar-refractivity contribution in [2.45, 2.75) is 46.8 Å². The van der Waals surface area contributed by atoms with Crippen LogP contribution in [0.3, 0.4) is 0 Å². The maximum atomic E-state index is 13.0. The first-order valence-electron chi connectivity index (χ1n) is 10.5. The molecule has 0 aliphatic heterocycles. The number of amides is 1. The lowest BCUT2D eigenvalue weighted by molar-refractivity contribution is -0.172. The number of rotatable bonds is 4. The highest BCUT2D eigenvalue weighted by atomic mass is 79.9. The van der Waals surface area contributed by atoms with Crippen LogP contribution in [-0.2, 0) is 4.79 Å². The van der Waals surface area contributed by atoms with Crippen LogP contribution in [0.1, 0.15) is 40.2 Å². The van der Waals surface area contributed by atoms with Gasteiger partial charge >= 0.3 is 0 Å². The van der Waals surface area contributed by atoms with Gasteiger partial charge in [-0.25, -0.2) is 0 Å². The van der Waals surface area contributed by atoms with E-state index in [4.69, 9.17) is 10.00 Å². The van der Waals surface area contributed by atoms with Crippen molar-refractivity contribution in [2.75, 3.05) is 0 Å². The zero-order valence-electron chi connectivity index (χ0n) is 19.0. The summed E-state index contributed by atoms with van der Waals surface area (Å²) in [6.45, 7) is 10.2. The Morgan fingerprint density at radius 2 is 1.81 bits per heavy atom. The van der Waals surface area contributed by atoms with Gasteiger partial charge < -0.3 is 10.1 Å². The molecule has 0 saturated heterocycles. The van der Waals surface area contributed by atoms with Crippen molar-refractivity contribution in [1.29, 1.82) is 5.26 Å². The second-order valence-corrected chi connectivity index (χ2v) is 9.99. The van der Waals surface area contributed by atoms with Crippen molar-refractivity contribution in [1.82, 2.24) is 5.32 Å². The molecule has 4 nitrogen and oxygen atoms in total. The molecule has 1 aromatic rings. The van der Waals surface area contributed by atoms with E-state index >= 15 is 0 Å². The summed E-state index contributed by atoms with van der Waals surface area (Å²) >= 11 is 3.42. The highest BCUT2D eigenvalue weighted by Crippen LogP contribution is 2.55. The molecule has 0 radical (unpaired) electrons. The fourth-order valence-electron chi connectivity index (χ4n) is 4.81. The summed E-state index contributed by atoms with van der Waals surface area (Å²) in [5.74, 6) is 6.47. The summed E-state index contributed by atoms with van der Waals surface area (Å²) in [5.41, 5.74) is 1.48. The minimum Gasteiger partial charge on any atom is -0.489 e.